The topological polar surface area (TPSA) is 24.5 Å². The molecule has 1 N–H and O–H groups in total. The van der Waals surface area contributed by atoms with Gasteiger partial charge >= 0.3 is 0 Å². The lowest BCUT2D eigenvalue weighted by Crippen LogP contribution is -2.59. The molecule has 0 amide bonds. The summed E-state index contributed by atoms with van der Waals surface area (Å²) in [6.45, 7) is 6.45. The summed E-state index contributed by atoms with van der Waals surface area (Å²) in [4.78, 5) is 4.15. The minimum Gasteiger partial charge on any atom is -0.381 e. The van der Waals surface area contributed by atoms with Gasteiger partial charge in [0.1, 0.15) is 0 Å². The van der Waals surface area contributed by atoms with Crippen LogP contribution in [0.5, 0.6) is 0 Å². The van der Waals surface area contributed by atoms with Gasteiger partial charge in [-0.25, -0.2) is 0 Å². The van der Waals surface area contributed by atoms with Crippen molar-refractivity contribution in [2.45, 2.75) is 44.2 Å². The van der Waals surface area contributed by atoms with Crippen LogP contribution in [0.25, 0.3) is 0 Å². The van der Waals surface area contributed by atoms with Gasteiger partial charge in [0.2, 0.25) is 0 Å². The molecule has 0 atom stereocenters. The standard InChI is InChI=1S/C16H25BrN2OS/c17-14-10-15(21-12-14)11-18-13-16(4-8-20-9-5-16)19-6-2-1-3-7-19/h10,12,18H,1-9,11,13H2. The van der Waals surface area contributed by atoms with E-state index in [2.05, 4.69) is 37.6 Å². The molecule has 3 nitrogen and oxygen atoms in total. The Morgan fingerprint density at radius 2 is 2.00 bits per heavy atom. The highest BCUT2D eigenvalue weighted by atomic mass is 79.9. The van der Waals surface area contributed by atoms with Gasteiger partial charge in [0.05, 0.1) is 0 Å². The summed E-state index contributed by atoms with van der Waals surface area (Å²) in [6, 6.07) is 2.22. The van der Waals surface area contributed by atoms with Gasteiger partial charge in [0, 0.05) is 46.6 Å². The Kier molecular flexibility index (Phi) is 5.73. The van der Waals surface area contributed by atoms with Crippen molar-refractivity contribution in [3.8, 4) is 0 Å². The molecule has 21 heavy (non-hydrogen) atoms. The van der Waals surface area contributed by atoms with Crippen LogP contribution in [0.1, 0.15) is 37.0 Å². The third-order valence-electron chi connectivity index (χ3n) is 4.83. The maximum Gasteiger partial charge on any atom is 0.0484 e. The average Bonchev–Trinajstić information content (AvgIpc) is 2.95. The van der Waals surface area contributed by atoms with Crippen molar-refractivity contribution >= 4 is 27.3 Å². The van der Waals surface area contributed by atoms with E-state index in [1.165, 1.54) is 54.5 Å². The van der Waals surface area contributed by atoms with Gasteiger partial charge < -0.3 is 10.1 Å². The number of rotatable bonds is 5. The molecular weight excluding hydrogens is 348 g/mol. The largest absolute Gasteiger partial charge is 0.381 e. The van der Waals surface area contributed by atoms with Crippen LogP contribution in [0.2, 0.25) is 0 Å². The lowest BCUT2D eigenvalue weighted by atomic mass is 9.86. The van der Waals surface area contributed by atoms with Gasteiger partial charge in [-0.1, -0.05) is 6.42 Å². The van der Waals surface area contributed by atoms with Crippen molar-refractivity contribution in [2.75, 3.05) is 32.8 Å². The smallest absolute Gasteiger partial charge is 0.0484 e. The molecule has 2 fully saturated rings. The number of halogens is 1. The van der Waals surface area contributed by atoms with Gasteiger partial charge in [-0.15, -0.1) is 11.3 Å². The lowest BCUT2D eigenvalue weighted by molar-refractivity contribution is -0.0357. The zero-order valence-corrected chi connectivity index (χ0v) is 15.0. The van der Waals surface area contributed by atoms with E-state index < -0.39 is 0 Å². The molecule has 2 aliphatic rings. The number of likely N-dealkylation sites (tertiary alicyclic amines) is 1. The van der Waals surface area contributed by atoms with Crippen LogP contribution < -0.4 is 5.32 Å². The number of piperidine rings is 1. The van der Waals surface area contributed by atoms with Crippen LogP contribution in [0.15, 0.2) is 15.9 Å². The van der Waals surface area contributed by atoms with Gasteiger partial charge in [-0.2, -0.15) is 0 Å². The summed E-state index contributed by atoms with van der Waals surface area (Å²) in [5, 5.41) is 5.87. The van der Waals surface area contributed by atoms with Crippen LogP contribution in [0.4, 0.5) is 0 Å². The third-order valence-corrected chi connectivity index (χ3v) is 6.52. The molecule has 2 aliphatic heterocycles. The first-order chi connectivity index (χ1) is 10.3. The van der Waals surface area contributed by atoms with Crippen LogP contribution in [-0.2, 0) is 11.3 Å². The number of hydrogen-bond acceptors (Lipinski definition) is 4. The summed E-state index contributed by atoms with van der Waals surface area (Å²) < 4.78 is 6.82. The van der Waals surface area contributed by atoms with Crippen LogP contribution in [0, 0.1) is 0 Å². The molecule has 1 aromatic rings. The van der Waals surface area contributed by atoms with Crippen molar-refractivity contribution in [1.29, 1.82) is 0 Å². The molecule has 0 radical (unpaired) electrons. The molecule has 0 aromatic carbocycles. The Bertz CT molecular complexity index is 439. The number of thiophene rings is 1. The Hall–Kier alpha value is 0.0600. The molecule has 2 saturated heterocycles. The van der Waals surface area contributed by atoms with Crippen molar-refractivity contribution in [3.05, 3.63) is 20.8 Å². The lowest BCUT2D eigenvalue weighted by Gasteiger charge is -2.48. The van der Waals surface area contributed by atoms with E-state index in [4.69, 9.17) is 4.74 Å². The fourth-order valence-corrected chi connectivity index (χ4v) is 5.01. The van der Waals surface area contributed by atoms with Gasteiger partial charge in [-0.05, 0) is 60.8 Å². The number of nitrogens with one attached hydrogen (secondary N) is 1. The minimum atomic E-state index is 0.327. The zero-order chi connectivity index (χ0) is 14.5. The molecule has 3 heterocycles. The molecule has 3 rings (SSSR count). The molecule has 0 saturated carbocycles. The molecule has 118 valence electrons. The highest BCUT2D eigenvalue weighted by molar-refractivity contribution is 9.10. The maximum absolute atomic E-state index is 5.62. The monoisotopic (exact) mass is 372 g/mol. The number of ether oxygens (including phenoxy) is 1. The molecule has 0 spiro atoms. The number of nitrogens with zero attached hydrogens (tertiary/aromatic N) is 1. The Morgan fingerprint density at radius 1 is 1.24 bits per heavy atom. The second-order valence-electron chi connectivity index (χ2n) is 6.22. The van der Waals surface area contributed by atoms with E-state index in [9.17, 15) is 0 Å². The Balaban J connectivity index is 1.59. The zero-order valence-electron chi connectivity index (χ0n) is 12.6. The second kappa shape index (κ2) is 7.55. The minimum absolute atomic E-state index is 0.327. The van der Waals surface area contributed by atoms with Crippen LogP contribution in [0.3, 0.4) is 0 Å². The van der Waals surface area contributed by atoms with Crippen molar-refractivity contribution in [1.82, 2.24) is 10.2 Å². The van der Waals surface area contributed by atoms with E-state index >= 15 is 0 Å². The van der Waals surface area contributed by atoms with Crippen molar-refractivity contribution in [2.24, 2.45) is 0 Å². The predicted molar refractivity (Wildman–Crippen MR) is 91.9 cm³/mol. The van der Waals surface area contributed by atoms with E-state index in [0.29, 0.717) is 5.54 Å². The van der Waals surface area contributed by atoms with E-state index in [0.717, 1.165) is 26.3 Å². The summed E-state index contributed by atoms with van der Waals surface area (Å²) in [5.41, 5.74) is 0.327. The summed E-state index contributed by atoms with van der Waals surface area (Å²) in [7, 11) is 0. The maximum atomic E-state index is 5.62. The van der Waals surface area contributed by atoms with Gasteiger partial charge in [0.15, 0.2) is 0 Å². The average molecular weight is 373 g/mol. The van der Waals surface area contributed by atoms with E-state index in [-0.39, 0.29) is 0 Å². The fourth-order valence-electron chi connectivity index (χ4n) is 3.59. The first-order valence-corrected chi connectivity index (χ1v) is 9.72. The molecule has 0 unspecified atom stereocenters. The van der Waals surface area contributed by atoms with Crippen molar-refractivity contribution in [3.63, 3.8) is 0 Å². The third kappa shape index (κ3) is 4.08. The number of hydrogen-bond donors (Lipinski definition) is 1. The molecule has 0 aliphatic carbocycles. The molecule has 1 aromatic heterocycles. The quantitative estimate of drug-likeness (QED) is 0.853. The highest BCUT2D eigenvalue weighted by Crippen LogP contribution is 2.30. The molecule has 0 bridgehead atoms. The predicted octanol–water partition coefficient (Wildman–Crippen LogP) is 3.64. The Morgan fingerprint density at radius 3 is 2.67 bits per heavy atom. The van der Waals surface area contributed by atoms with Crippen LogP contribution in [-0.4, -0.2) is 43.3 Å². The normalized spacial score (nSPS) is 23.3. The summed E-state index contributed by atoms with van der Waals surface area (Å²) in [5.74, 6) is 0. The van der Waals surface area contributed by atoms with Crippen LogP contribution >= 0.6 is 27.3 Å². The van der Waals surface area contributed by atoms with Gasteiger partial charge in [0.25, 0.3) is 0 Å². The first-order valence-electron chi connectivity index (χ1n) is 8.05. The SMILES string of the molecule is Brc1csc(CNCC2(N3CCCCC3)CCOCC2)c1. The summed E-state index contributed by atoms with van der Waals surface area (Å²) >= 11 is 5.35. The fraction of sp³-hybridized carbons (Fsp3) is 0.750. The van der Waals surface area contributed by atoms with E-state index in [1.807, 2.05) is 11.3 Å². The van der Waals surface area contributed by atoms with Crippen molar-refractivity contribution < 1.29 is 4.74 Å². The van der Waals surface area contributed by atoms with E-state index in [1.54, 1.807) is 0 Å². The Labute approximate surface area is 140 Å². The second-order valence-corrected chi connectivity index (χ2v) is 8.13. The highest BCUT2D eigenvalue weighted by Gasteiger charge is 2.38. The molecular formula is C16H25BrN2OS. The molecule has 5 heteroatoms. The van der Waals surface area contributed by atoms with Gasteiger partial charge in [-0.3, -0.25) is 4.90 Å². The summed E-state index contributed by atoms with van der Waals surface area (Å²) in [6.07, 6.45) is 6.48. The first kappa shape index (κ1) is 15.9.